The van der Waals surface area contributed by atoms with Crippen LogP contribution >= 0.6 is 0 Å². The van der Waals surface area contributed by atoms with E-state index in [-0.39, 0.29) is 5.91 Å². The summed E-state index contributed by atoms with van der Waals surface area (Å²) in [6.07, 6.45) is 1.48. The van der Waals surface area contributed by atoms with Crippen molar-refractivity contribution in [3.63, 3.8) is 0 Å². The Morgan fingerprint density at radius 3 is 2.50 bits per heavy atom. The molecule has 88 valence electrons. The van der Waals surface area contributed by atoms with Crippen LogP contribution in [0.4, 0.5) is 0 Å². The third-order valence-corrected chi connectivity index (χ3v) is 2.20. The number of hydrogen-bond acceptors (Lipinski definition) is 2. The molecule has 0 heterocycles. The van der Waals surface area contributed by atoms with E-state index in [1.807, 2.05) is 38.1 Å². The van der Waals surface area contributed by atoms with Crippen molar-refractivity contribution in [2.45, 2.75) is 33.2 Å². The Hall–Kier alpha value is -1.51. The minimum atomic E-state index is 0.108. The number of benzene rings is 1. The number of carbonyl (C=O) groups is 1. The van der Waals surface area contributed by atoms with Gasteiger partial charge < -0.3 is 10.1 Å². The summed E-state index contributed by atoms with van der Waals surface area (Å²) in [5, 5.41) is 2.87. The molecule has 0 unspecified atom stereocenters. The molecule has 3 nitrogen and oxygen atoms in total. The molecule has 0 spiro atoms. The fraction of sp³-hybridized carbons (Fsp3) is 0.462. The van der Waals surface area contributed by atoms with E-state index < -0.39 is 0 Å². The van der Waals surface area contributed by atoms with Crippen LogP contribution in [0.5, 0.6) is 5.75 Å². The minimum absolute atomic E-state index is 0.108. The summed E-state index contributed by atoms with van der Waals surface area (Å²) in [7, 11) is 0. The van der Waals surface area contributed by atoms with Gasteiger partial charge in [-0.05, 0) is 31.0 Å². The molecule has 0 saturated heterocycles. The third-order valence-electron chi connectivity index (χ3n) is 2.20. The second kappa shape index (κ2) is 6.88. The van der Waals surface area contributed by atoms with Gasteiger partial charge in [0.2, 0.25) is 5.91 Å². The van der Waals surface area contributed by atoms with Crippen molar-refractivity contribution >= 4 is 5.91 Å². The Morgan fingerprint density at radius 2 is 1.94 bits per heavy atom. The molecule has 1 aromatic carbocycles. The van der Waals surface area contributed by atoms with Gasteiger partial charge in [-0.1, -0.05) is 19.1 Å². The quantitative estimate of drug-likeness (QED) is 0.801. The fourth-order valence-electron chi connectivity index (χ4n) is 1.39. The van der Waals surface area contributed by atoms with Gasteiger partial charge >= 0.3 is 0 Å². The second-order valence-electron chi connectivity index (χ2n) is 3.60. The molecule has 0 radical (unpaired) electrons. The maximum absolute atomic E-state index is 11.3. The third kappa shape index (κ3) is 4.34. The van der Waals surface area contributed by atoms with Gasteiger partial charge in [0.25, 0.3) is 0 Å². The highest BCUT2D eigenvalue weighted by molar-refractivity contribution is 5.75. The lowest BCUT2D eigenvalue weighted by molar-refractivity contribution is -0.121. The predicted octanol–water partition coefficient (Wildman–Crippen LogP) is 2.50. The smallest absolute Gasteiger partial charge is 0.220 e. The molecule has 0 atom stereocenters. The highest BCUT2D eigenvalue weighted by atomic mass is 16.5. The first-order chi connectivity index (χ1) is 7.76. The van der Waals surface area contributed by atoms with Crippen LogP contribution in [0.15, 0.2) is 24.3 Å². The molecule has 0 aliphatic heterocycles. The summed E-state index contributed by atoms with van der Waals surface area (Å²) >= 11 is 0. The lowest BCUT2D eigenvalue weighted by Crippen LogP contribution is -2.21. The Morgan fingerprint density at radius 1 is 1.25 bits per heavy atom. The van der Waals surface area contributed by atoms with Gasteiger partial charge in [-0.25, -0.2) is 0 Å². The summed E-state index contributed by atoms with van der Waals surface area (Å²) in [5.41, 5.74) is 1.09. The lowest BCUT2D eigenvalue weighted by atomic mass is 10.2. The van der Waals surface area contributed by atoms with Gasteiger partial charge in [-0.2, -0.15) is 0 Å². The van der Waals surface area contributed by atoms with Crippen molar-refractivity contribution in [2.24, 2.45) is 0 Å². The molecule has 0 bridgehead atoms. The zero-order valence-corrected chi connectivity index (χ0v) is 9.95. The van der Waals surface area contributed by atoms with Crippen LogP contribution in [-0.2, 0) is 11.3 Å². The zero-order chi connectivity index (χ0) is 11.8. The van der Waals surface area contributed by atoms with Crippen LogP contribution in [0.25, 0.3) is 0 Å². The first-order valence-corrected chi connectivity index (χ1v) is 5.74. The standard InChI is InChI=1S/C13H19NO2/c1-3-5-13(15)14-10-11-6-8-12(9-7-11)16-4-2/h6-9H,3-5,10H2,1-2H3,(H,14,15). The van der Waals surface area contributed by atoms with Crippen LogP contribution in [0.1, 0.15) is 32.3 Å². The van der Waals surface area contributed by atoms with Crippen molar-refractivity contribution in [2.75, 3.05) is 6.61 Å². The van der Waals surface area contributed by atoms with E-state index in [1.165, 1.54) is 0 Å². The molecule has 0 fully saturated rings. The number of hydrogen-bond donors (Lipinski definition) is 1. The van der Waals surface area contributed by atoms with Crippen LogP contribution in [0.2, 0.25) is 0 Å². The summed E-state index contributed by atoms with van der Waals surface area (Å²) in [6.45, 7) is 5.22. The van der Waals surface area contributed by atoms with Crippen molar-refractivity contribution < 1.29 is 9.53 Å². The van der Waals surface area contributed by atoms with Crippen molar-refractivity contribution in [1.29, 1.82) is 0 Å². The number of carbonyl (C=O) groups excluding carboxylic acids is 1. The van der Waals surface area contributed by atoms with Crippen LogP contribution in [0.3, 0.4) is 0 Å². The van der Waals surface area contributed by atoms with Gasteiger partial charge in [0, 0.05) is 13.0 Å². The average Bonchev–Trinajstić information content (AvgIpc) is 2.29. The highest BCUT2D eigenvalue weighted by Crippen LogP contribution is 2.11. The second-order valence-corrected chi connectivity index (χ2v) is 3.60. The summed E-state index contributed by atoms with van der Waals surface area (Å²) in [4.78, 5) is 11.3. The van der Waals surface area contributed by atoms with Crippen LogP contribution in [-0.4, -0.2) is 12.5 Å². The number of nitrogens with one attached hydrogen (secondary N) is 1. The first-order valence-electron chi connectivity index (χ1n) is 5.74. The Kier molecular flexibility index (Phi) is 5.40. The summed E-state index contributed by atoms with van der Waals surface area (Å²) < 4.78 is 5.34. The largest absolute Gasteiger partial charge is 0.494 e. The average molecular weight is 221 g/mol. The van der Waals surface area contributed by atoms with Crippen LogP contribution < -0.4 is 10.1 Å². The van der Waals surface area contributed by atoms with Gasteiger partial charge in [-0.15, -0.1) is 0 Å². The van der Waals surface area contributed by atoms with E-state index in [4.69, 9.17) is 4.74 Å². The maximum Gasteiger partial charge on any atom is 0.220 e. The zero-order valence-electron chi connectivity index (χ0n) is 9.95. The number of amides is 1. The fourth-order valence-corrected chi connectivity index (χ4v) is 1.39. The van der Waals surface area contributed by atoms with E-state index in [2.05, 4.69) is 5.32 Å². The lowest BCUT2D eigenvalue weighted by Gasteiger charge is -2.06. The van der Waals surface area contributed by atoms with Gasteiger partial charge in [0.1, 0.15) is 5.75 Å². The summed E-state index contributed by atoms with van der Waals surface area (Å²) in [6, 6.07) is 7.78. The van der Waals surface area contributed by atoms with Crippen molar-refractivity contribution in [1.82, 2.24) is 5.32 Å². The van der Waals surface area contributed by atoms with Crippen LogP contribution in [0, 0.1) is 0 Å². The SMILES string of the molecule is CCCC(=O)NCc1ccc(OCC)cc1. The minimum Gasteiger partial charge on any atom is -0.494 e. The van der Waals surface area contributed by atoms with Crippen molar-refractivity contribution in [3.8, 4) is 5.75 Å². The topological polar surface area (TPSA) is 38.3 Å². The Balaban J connectivity index is 2.40. The highest BCUT2D eigenvalue weighted by Gasteiger charge is 1.99. The predicted molar refractivity (Wildman–Crippen MR) is 64.4 cm³/mol. The summed E-state index contributed by atoms with van der Waals surface area (Å²) in [5.74, 6) is 0.975. The van der Waals surface area contributed by atoms with Crippen molar-refractivity contribution in [3.05, 3.63) is 29.8 Å². The Labute approximate surface area is 96.8 Å². The van der Waals surface area contributed by atoms with Gasteiger partial charge in [-0.3, -0.25) is 4.79 Å². The van der Waals surface area contributed by atoms with E-state index in [0.29, 0.717) is 19.6 Å². The molecule has 0 aromatic heterocycles. The molecule has 1 N–H and O–H groups in total. The molecule has 1 aromatic rings. The number of ether oxygens (including phenoxy) is 1. The van der Waals surface area contributed by atoms with E-state index in [1.54, 1.807) is 0 Å². The Bertz CT molecular complexity index is 319. The molecule has 0 aliphatic carbocycles. The molecule has 3 heteroatoms. The molecule has 1 amide bonds. The maximum atomic E-state index is 11.3. The van der Waals surface area contributed by atoms with Gasteiger partial charge in [0.05, 0.1) is 6.61 Å². The molecule has 0 saturated carbocycles. The molecule has 1 rings (SSSR count). The molecule has 0 aliphatic rings. The number of rotatable bonds is 6. The van der Waals surface area contributed by atoms with Gasteiger partial charge in [0.15, 0.2) is 0 Å². The van der Waals surface area contributed by atoms with E-state index in [9.17, 15) is 4.79 Å². The van der Waals surface area contributed by atoms with E-state index >= 15 is 0 Å². The normalized spacial score (nSPS) is 9.88. The molecular formula is C13H19NO2. The monoisotopic (exact) mass is 221 g/mol. The first kappa shape index (κ1) is 12.6. The van der Waals surface area contributed by atoms with E-state index in [0.717, 1.165) is 17.7 Å². The molecular weight excluding hydrogens is 202 g/mol. The molecule has 16 heavy (non-hydrogen) atoms.